The molecular formula is C12H18N2O2. The molecule has 2 rings (SSSR count). The van der Waals surface area contributed by atoms with Crippen molar-refractivity contribution in [2.75, 3.05) is 39.7 Å². The van der Waals surface area contributed by atoms with Crippen LogP contribution in [0.25, 0.3) is 0 Å². The number of fused-ring (bicyclic) bond motifs is 1. The molecule has 88 valence electrons. The molecule has 16 heavy (non-hydrogen) atoms. The molecule has 4 heteroatoms. The fourth-order valence-electron chi connectivity index (χ4n) is 1.97. The van der Waals surface area contributed by atoms with E-state index in [1.165, 1.54) is 5.56 Å². The maximum Gasteiger partial charge on any atom is 0.129 e. The van der Waals surface area contributed by atoms with Crippen LogP contribution in [0, 0.1) is 0 Å². The second kappa shape index (κ2) is 4.61. The van der Waals surface area contributed by atoms with Gasteiger partial charge in [0.05, 0.1) is 14.2 Å². The summed E-state index contributed by atoms with van der Waals surface area (Å²) in [6.45, 7) is 2.87. The molecule has 0 fully saturated rings. The second-order valence-electron chi connectivity index (χ2n) is 4.02. The number of rotatable bonds is 2. The Morgan fingerprint density at radius 2 is 2.06 bits per heavy atom. The zero-order chi connectivity index (χ0) is 11.5. The molecule has 0 saturated heterocycles. The lowest BCUT2D eigenvalue weighted by Gasteiger charge is -2.16. The first kappa shape index (κ1) is 11.1. The smallest absolute Gasteiger partial charge is 0.129 e. The average molecular weight is 222 g/mol. The first-order chi connectivity index (χ1) is 7.74. The molecule has 1 heterocycles. The van der Waals surface area contributed by atoms with Gasteiger partial charge >= 0.3 is 0 Å². The van der Waals surface area contributed by atoms with Gasteiger partial charge in [-0.2, -0.15) is 0 Å². The zero-order valence-corrected chi connectivity index (χ0v) is 10.0. The van der Waals surface area contributed by atoms with Crippen LogP contribution in [0.4, 0.5) is 5.69 Å². The minimum Gasteiger partial charge on any atom is -0.497 e. The number of nitrogens with one attached hydrogen (secondary N) is 1. The summed E-state index contributed by atoms with van der Waals surface area (Å²) in [7, 11) is 5.48. The van der Waals surface area contributed by atoms with Crippen molar-refractivity contribution in [2.24, 2.45) is 0 Å². The van der Waals surface area contributed by atoms with Crippen molar-refractivity contribution in [3.63, 3.8) is 0 Å². The largest absolute Gasteiger partial charge is 0.497 e. The quantitative estimate of drug-likeness (QED) is 0.823. The van der Waals surface area contributed by atoms with Crippen LogP contribution in [0.3, 0.4) is 0 Å². The Morgan fingerprint density at radius 3 is 2.75 bits per heavy atom. The van der Waals surface area contributed by atoms with E-state index in [-0.39, 0.29) is 0 Å². The third-order valence-electron chi connectivity index (χ3n) is 2.88. The van der Waals surface area contributed by atoms with Gasteiger partial charge in [0.1, 0.15) is 11.5 Å². The van der Waals surface area contributed by atoms with Crippen molar-refractivity contribution in [1.29, 1.82) is 0 Å². The normalized spacial score (nSPS) is 15.9. The molecule has 0 saturated carbocycles. The Hall–Kier alpha value is -1.42. The van der Waals surface area contributed by atoms with Gasteiger partial charge in [-0.25, -0.2) is 0 Å². The maximum absolute atomic E-state index is 5.41. The van der Waals surface area contributed by atoms with Crippen molar-refractivity contribution < 1.29 is 9.47 Å². The van der Waals surface area contributed by atoms with Gasteiger partial charge < -0.3 is 19.7 Å². The van der Waals surface area contributed by atoms with Gasteiger partial charge in [0.2, 0.25) is 0 Å². The van der Waals surface area contributed by atoms with E-state index in [2.05, 4.69) is 17.3 Å². The van der Waals surface area contributed by atoms with Crippen molar-refractivity contribution >= 4 is 5.69 Å². The molecule has 1 N–H and O–H groups in total. The monoisotopic (exact) mass is 222 g/mol. The summed E-state index contributed by atoms with van der Waals surface area (Å²) in [5, 5.41) is 3.40. The second-order valence-corrected chi connectivity index (χ2v) is 4.02. The van der Waals surface area contributed by atoms with Crippen molar-refractivity contribution in [2.45, 2.75) is 6.54 Å². The molecular weight excluding hydrogens is 204 g/mol. The first-order valence-corrected chi connectivity index (χ1v) is 5.42. The summed E-state index contributed by atoms with van der Waals surface area (Å²) >= 11 is 0. The first-order valence-electron chi connectivity index (χ1n) is 5.42. The van der Waals surface area contributed by atoms with E-state index < -0.39 is 0 Å². The molecule has 1 aromatic carbocycles. The third-order valence-corrected chi connectivity index (χ3v) is 2.88. The van der Waals surface area contributed by atoms with E-state index in [1.807, 2.05) is 12.1 Å². The van der Waals surface area contributed by atoms with Gasteiger partial charge in [-0.3, -0.25) is 0 Å². The molecule has 0 unspecified atom stereocenters. The molecule has 1 aliphatic heterocycles. The van der Waals surface area contributed by atoms with Crippen LogP contribution in [0.5, 0.6) is 11.5 Å². The summed E-state index contributed by atoms with van der Waals surface area (Å²) < 4.78 is 10.7. The summed E-state index contributed by atoms with van der Waals surface area (Å²) in [5.41, 5.74) is 2.31. The molecule has 0 spiro atoms. The van der Waals surface area contributed by atoms with Gasteiger partial charge in [-0.05, 0) is 7.05 Å². The highest BCUT2D eigenvalue weighted by Crippen LogP contribution is 2.34. The lowest BCUT2D eigenvalue weighted by molar-refractivity contribution is 0.333. The van der Waals surface area contributed by atoms with Crippen LogP contribution in [0.2, 0.25) is 0 Å². The standard InChI is InChI=1S/C12H18N2O2/c1-14-5-4-13-11-6-9(15-2)7-12(16-3)10(11)8-14/h6-7,13H,4-5,8H2,1-3H3. The molecule has 0 radical (unpaired) electrons. The Labute approximate surface area is 96.2 Å². The van der Waals surface area contributed by atoms with Crippen LogP contribution in [-0.2, 0) is 6.54 Å². The molecule has 0 amide bonds. The number of ether oxygens (including phenoxy) is 2. The topological polar surface area (TPSA) is 33.7 Å². The van der Waals surface area contributed by atoms with E-state index in [4.69, 9.17) is 9.47 Å². The molecule has 1 aliphatic rings. The van der Waals surface area contributed by atoms with Crippen molar-refractivity contribution in [3.05, 3.63) is 17.7 Å². The lowest BCUT2D eigenvalue weighted by Crippen LogP contribution is -2.20. The molecule has 0 atom stereocenters. The number of anilines is 1. The fraction of sp³-hybridized carbons (Fsp3) is 0.500. The number of nitrogens with zero attached hydrogens (tertiary/aromatic N) is 1. The van der Waals surface area contributed by atoms with Crippen LogP contribution in [0.15, 0.2) is 12.1 Å². The Kier molecular flexibility index (Phi) is 3.19. The van der Waals surface area contributed by atoms with Crippen LogP contribution in [-0.4, -0.2) is 39.3 Å². The third kappa shape index (κ3) is 2.07. The minimum absolute atomic E-state index is 0.827. The van der Waals surface area contributed by atoms with E-state index in [9.17, 15) is 0 Å². The predicted octanol–water partition coefficient (Wildman–Crippen LogP) is 1.56. The van der Waals surface area contributed by atoms with Gasteiger partial charge in [0, 0.05) is 43.0 Å². The number of benzene rings is 1. The number of methoxy groups -OCH3 is 2. The molecule has 1 aromatic rings. The highest BCUT2D eigenvalue weighted by atomic mass is 16.5. The molecule has 0 bridgehead atoms. The Bertz CT molecular complexity index is 380. The number of hydrogen-bond donors (Lipinski definition) is 1. The minimum atomic E-state index is 0.827. The summed E-state index contributed by atoms with van der Waals surface area (Å²) in [6.07, 6.45) is 0. The van der Waals surface area contributed by atoms with E-state index in [1.54, 1.807) is 14.2 Å². The Balaban J connectivity index is 2.45. The number of hydrogen-bond acceptors (Lipinski definition) is 4. The van der Waals surface area contributed by atoms with Gasteiger partial charge in [-0.1, -0.05) is 0 Å². The fourth-order valence-corrected chi connectivity index (χ4v) is 1.97. The average Bonchev–Trinajstić information content (AvgIpc) is 2.48. The molecule has 0 aromatic heterocycles. The SMILES string of the molecule is COc1cc2c(c(OC)c1)CN(C)CCN2. The molecule has 0 aliphatic carbocycles. The maximum atomic E-state index is 5.41. The van der Waals surface area contributed by atoms with Gasteiger partial charge in [-0.15, -0.1) is 0 Å². The zero-order valence-electron chi connectivity index (χ0n) is 10.0. The van der Waals surface area contributed by atoms with Gasteiger partial charge in [0.15, 0.2) is 0 Å². The molecule has 4 nitrogen and oxygen atoms in total. The van der Waals surface area contributed by atoms with Crippen LogP contribution < -0.4 is 14.8 Å². The highest BCUT2D eigenvalue weighted by Gasteiger charge is 2.16. The summed E-state index contributed by atoms with van der Waals surface area (Å²) in [6, 6.07) is 3.96. The van der Waals surface area contributed by atoms with E-state index in [0.717, 1.165) is 36.8 Å². The Morgan fingerprint density at radius 1 is 1.25 bits per heavy atom. The van der Waals surface area contributed by atoms with Crippen LogP contribution in [0.1, 0.15) is 5.56 Å². The van der Waals surface area contributed by atoms with E-state index >= 15 is 0 Å². The highest BCUT2D eigenvalue weighted by molar-refractivity contribution is 5.62. The number of likely N-dealkylation sites (N-methyl/N-ethyl adjacent to an activating group) is 1. The summed E-state index contributed by atoms with van der Waals surface area (Å²) in [5.74, 6) is 1.71. The van der Waals surface area contributed by atoms with Gasteiger partial charge in [0.25, 0.3) is 0 Å². The van der Waals surface area contributed by atoms with Crippen molar-refractivity contribution in [1.82, 2.24) is 4.90 Å². The van der Waals surface area contributed by atoms with E-state index in [0.29, 0.717) is 0 Å². The lowest BCUT2D eigenvalue weighted by atomic mass is 10.1. The van der Waals surface area contributed by atoms with Crippen LogP contribution >= 0.6 is 0 Å². The predicted molar refractivity (Wildman–Crippen MR) is 64.4 cm³/mol. The van der Waals surface area contributed by atoms with Crippen molar-refractivity contribution in [3.8, 4) is 11.5 Å². The summed E-state index contributed by atoms with van der Waals surface area (Å²) in [4.78, 5) is 2.27.